The second-order valence-corrected chi connectivity index (χ2v) is 10.0. The zero-order valence-corrected chi connectivity index (χ0v) is 20.3. The Morgan fingerprint density at radius 2 is 1.82 bits per heavy atom. The summed E-state index contributed by atoms with van der Waals surface area (Å²) >= 11 is 1.50. The summed E-state index contributed by atoms with van der Waals surface area (Å²) in [6.07, 6.45) is -0.528. The summed E-state index contributed by atoms with van der Waals surface area (Å²) in [7, 11) is 5.32. The standard InChI is InChI=1S/C25H27FN4O3S/c1-28(2)12-13-30-23(32)15-25(24(30)33,17-8-4-5-9-18(17)26)14-22(31)29(3)16-21-27-19-10-6-7-11-20(19)34-21/h4-11H,12-16H2,1-3H3/t25-/m1/s1. The van der Waals surface area contributed by atoms with Gasteiger partial charge in [0.15, 0.2) is 0 Å². The zero-order chi connectivity index (χ0) is 24.5. The number of para-hydroxylation sites is 1. The minimum Gasteiger partial charge on any atom is -0.339 e. The van der Waals surface area contributed by atoms with Gasteiger partial charge in [-0.3, -0.25) is 19.3 Å². The Labute approximate surface area is 201 Å². The molecule has 0 bridgehead atoms. The number of carbonyl (C=O) groups is 3. The second-order valence-electron chi connectivity index (χ2n) is 8.89. The first-order valence-corrected chi connectivity index (χ1v) is 11.9. The lowest BCUT2D eigenvalue weighted by atomic mass is 9.75. The molecule has 7 nitrogen and oxygen atoms in total. The van der Waals surface area contributed by atoms with Crippen molar-refractivity contribution in [1.29, 1.82) is 0 Å². The number of aromatic nitrogens is 1. The Morgan fingerprint density at radius 1 is 1.12 bits per heavy atom. The summed E-state index contributed by atoms with van der Waals surface area (Å²) in [6, 6.07) is 13.6. The highest BCUT2D eigenvalue weighted by Gasteiger charge is 2.54. The number of thiazole rings is 1. The van der Waals surface area contributed by atoms with Crippen LogP contribution in [0.25, 0.3) is 10.2 Å². The second kappa shape index (κ2) is 9.60. The molecule has 1 fully saturated rings. The topological polar surface area (TPSA) is 73.8 Å². The van der Waals surface area contributed by atoms with E-state index >= 15 is 0 Å². The number of likely N-dealkylation sites (N-methyl/N-ethyl adjacent to an activating group) is 1. The van der Waals surface area contributed by atoms with Gasteiger partial charge in [-0.2, -0.15) is 0 Å². The molecule has 0 N–H and O–H groups in total. The molecule has 1 aliphatic heterocycles. The predicted molar refractivity (Wildman–Crippen MR) is 129 cm³/mol. The van der Waals surface area contributed by atoms with E-state index in [1.54, 1.807) is 13.1 Å². The van der Waals surface area contributed by atoms with Crippen molar-refractivity contribution in [3.63, 3.8) is 0 Å². The van der Waals surface area contributed by atoms with Crippen molar-refractivity contribution in [2.24, 2.45) is 0 Å². The van der Waals surface area contributed by atoms with Crippen molar-refractivity contribution in [2.75, 3.05) is 34.2 Å². The van der Waals surface area contributed by atoms with E-state index in [1.165, 1.54) is 34.4 Å². The monoisotopic (exact) mass is 482 g/mol. The average Bonchev–Trinajstić information content (AvgIpc) is 3.30. The van der Waals surface area contributed by atoms with Gasteiger partial charge in [-0.15, -0.1) is 11.3 Å². The molecule has 0 aliphatic carbocycles. The third-order valence-electron chi connectivity index (χ3n) is 6.16. The fourth-order valence-corrected chi connectivity index (χ4v) is 5.31. The number of hydrogen-bond acceptors (Lipinski definition) is 6. The number of halogens is 1. The first kappa shape index (κ1) is 24.0. The first-order valence-electron chi connectivity index (χ1n) is 11.0. The lowest BCUT2D eigenvalue weighted by molar-refractivity contribution is -0.142. The Bertz CT molecular complexity index is 1210. The number of imide groups is 1. The summed E-state index contributed by atoms with van der Waals surface area (Å²) in [5, 5.41) is 0.762. The van der Waals surface area contributed by atoms with Gasteiger partial charge in [-0.25, -0.2) is 9.37 Å². The molecule has 178 valence electrons. The van der Waals surface area contributed by atoms with Crippen molar-refractivity contribution in [2.45, 2.75) is 24.8 Å². The normalized spacial score (nSPS) is 18.3. The number of fused-ring (bicyclic) bond motifs is 1. The Kier molecular flexibility index (Phi) is 6.77. The molecule has 0 saturated carbocycles. The van der Waals surface area contributed by atoms with E-state index in [0.717, 1.165) is 20.1 Å². The van der Waals surface area contributed by atoms with Gasteiger partial charge >= 0.3 is 0 Å². The summed E-state index contributed by atoms with van der Waals surface area (Å²) < 4.78 is 15.9. The number of nitrogens with zero attached hydrogens (tertiary/aromatic N) is 4. The van der Waals surface area contributed by atoms with Gasteiger partial charge in [0.05, 0.1) is 22.2 Å². The minimum atomic E-state index is -1.56. The molecule has 0 spiro atoms. The van der Waals surface area contributed by atoms with Crippen molar-refractivity contribution in [1.82, 2.24) is 19.7 Å². The van der Waals surface area contributed by atoms with Gasteiger partial charge in [0.2, 0.25) is 17.7 Å². The largest absolute Gasteiger partial charge is 0.339 e. The van der Waals surface area contributed by atoms with Crippen LogP contribution in [0.15, 0.2) is 48.5 Å². The molecule has 3 aromatic rings. The molecule has 1 aliphatic rings. The van der Waals surface area contributed by atoms with Crippen LogP contribution in [0.4, 0.5) is 4.39 Å². The predicted octanol–water partition coefficient (Wildman–Crippen LogP) is 3.04. The molecule has 2 aromatic carbocycles. The molecule has 2 heterocycles. The summed E-state index contributed by atoms with van der Waals surface area (Å²) in [5.74, 6) is -1.86. The molecule has 4 rings (SSSR count). The molecular formula is C25H27FN4O3S. The molecule has 1 atom stereocenters. The van der Waals surface area contributed by atoms with Crippen LogP contribution in [-0.4, -0.2) is 71.6 Å². The summed E-state index contributed by atoms with van der Waals surface area (Å²) in [6.45, 7) is 0.935. The van der Waals surface area contributed by atoms with E-state index in [-0.39, 0.29) is 37.4 Å². The van der Waals surface area contributed by atoms with Gasteiger partial charge in [0.25, 0.3) is 0 Å². The first-order chi connectivity index (χ1) is 16.2. The van der Waals surface area contributed by atoms with Crippen molar-refractivity contribution in [3.8, 4) is 0 Å². The van der Waals surface area contributed by atoms with Crippen LogP contribution >= 0.6 is 11.3 Å². The SMILES string of the molecule is CN(C)CCN1C(=O)C[C@](CC(=O)N(C)Cc2nc3ccccc3s2)(c2ccccc2F)C1=O. The molecular weight excluding hydrogens is 455 g/mol. The van der Waals surface area contributed by atoms with Gasteiger partial charge in [0, 0.05) is 38.5 Å². The Morgan fingerprint density at radius 3 is 2.53 bits per heavy atom. The highest BCUT2D eigenvalue weighted by atomic mass is 32.1. The van der Waals surface area contributed by atoms with Crippen molar-refractivity contribution >= 4 is 39.3 Å². The van der Waals surface area contributed by atoms with Crippen LogP contribution in [0, 0.1) is 5.82 Å². The average molecular weight is 483 g/mol. The lowest BCUT2D eigenvalue weighted by Gasteiger charge is -2.29. The van der Waals surface area contributed by atoms with Gasteiger partial charge < -0.3 is 9.80 Å². The number of benzene rings is 2. The fourth-order valence-electron chi connectivity index (χ4n) is 4.29. The van der Waals surface area contributed by atoms with Crippen LogP contribution in [0.5, 0.6) is 0 Å². The molecule has 9 heteroatoms. The molecule has 1 aromatic heterocycles. The Balaban J connectivity index is 1.61. The molecule has 3 amide bonds. The third-order valence-corrected chi connectivity index (χ3v) is 7.18. The molecule has 0 radical (unpaired) electrons. The minimum absolute atomic E-state index is 0.0856. The van der Waals surface area contributed by atoms with E-state index < -0.39 is 23.0 Å². The summed E-state index contributed by atoms with van der Waals surface area (Å²) in [5.41, 5.74) is -0.616. The third kappa shape index (κ3) is 4.58. The van der Waals surface area contributed by atoms with E-state index in [1.807, 2.05) is 43.3 Å². The van der Waals surface area contributed by atoms with Gasteiger partial charge in [-0.1, -0.05) is 30.3 Å². The molecule has 1 saturated heterocycles. The zero-order valence-electron chi connectivity index (χ0n) is 19.5. The maximum atomic E-state index is 14.9. The van der Waals surface area contributed by atoms with E-state index in [0.29, 0.717) is 6.54 Å². The van der Waals surface area contributed by atoms with Crippen molar-refractivity contribution in [3.05, 3.63) is 64.9 Å². The number of carbonyl (C=O) groups excluding carboxylic acids is 3. The molecule has 0 unspecified atom stereocenters. The lowest BCUT2D eigenvalue weighted by Crippen LogP contribution is -2.44. The number of likely N-dealkylation sites (tertiary alicyclic amines) is 1. The highest BCUT2D eigenvalue weighted by molar-refractivity contribution is 7.18. The number of amides is 3. The molecule has 34 heavy (non-hydrogen) atoms. The smallest absolute Gasteiger partial charge is 0.241 e. The van der Waals surface area contributed by atoms with Crippen LogP contribution in [0.3, 0.4) is 0 Å². The van der Waals surface area contributed by atoms with Crippen LogP contribution < -0.4 is 0 Å². The highest BCUT2D eigenvalue weighted by Crippen LogP contribution is 2.41. The van der Waals surface area contributed by atoms with Gasteiger partial charge in [0.1, 0.15) is 10.8 Å². The van der Waals surface area contributed by atoms with Crippen LogP contribution in [0.2, 0.25) is 0 Å². The van der Waals surface area contributed by atoms with E-state index in [2.05, 4.69) is 4.98 Å². The maximum Gasteiger partial charge on any atom is 0.241 e. The van der Waals surface area contributed by atoms with E-state index in [4.69, 9.17) is 0 Å². The number of rotatable bonds is 8. The van der Waals surface area contributed by atoms with Crippen molar-refractivity contribution < 1.29 is 18.8 Å². The van der Waals surface area contributed by atoms with Gasteiger partial charge in [-0.05, 0) is 32.3 Å². The Hall–Kier alpha value is -3.17. The fraction of sp³-hybridized carbons (Fsp3) is 0.360. The number of hydrogen-bond donors (Lipinski definition) is 0. The van der Waals surface area contributed by atoms with E-state index in [9.17, 15) is 18.8 Å². The van der Waals surface area contributed by atoms with Crippen LogP contribution in [0.1, 0.15) is 23.4 Å². The van der Waals surface area contributed by atoms with Crippen LogP contribution in [-0.2, 0) is 26.3 Å². The summed E-state index contributed by atoms with van der Waals surface area (Å²) in [4.78, 5) is 48.8. The quantitative estimate of drug-likeness (QED) is 0.462. The maximum absolute atomic E-state index is 14.9.